The maximum Gasteiger partial charge on any atom is 0.140 e. The molecule has 0 spiro atoms. The van der Waals surface area contributed by atoms with Gasteiger partial charge in [-0.25, -0.2) is 4.98 Å². The molecule has 134 valence electrons. The van der Waals surface area contributed by atoms with Crippen LogP contribution in [0.15, 0.2) is 30.6 Å². The molecule has 2 aliphatic rings. The number of fused-ring (bicyclic) bond motifs is 1. The molecule has 0 radical (unpaired) electrons. The number of imidazole rings is 1. The van der Waals surface area contributed by atoms with E-state index in [1.54, 1.807) is 18.3 Å². The SMILES string of the molecule is OCC[C@H]1CN2C[C@H](n3ccnc3-c3ccc(O)c(Cl)c3)C[C@H]2CO1. The van der Waals surface area contributed by atoms with Crippen molar-refractivity contribution in [1.29, 1.82) is 0 Å². The molecule has 0 unspecified atom stereocenters. The van der Waals surface area contributed by atoms with E-state index >= 15 is 0 Å². The normalized spacial score (nSPS) is 26.7. The first kappa shape index (κ1) is 16.8. The monoisotopic (exact) mass is 363 g/mol. The molecule has 7 heteroatoms. The highest BCUT2D eigenvalue weighted by Crippen LogP contribution is 2.35. The predicted octanol–water partition coefficient (Wildman–Crippen LogP) is 2.31. The van der Waals surface area contributed by atoms with Gasteiger partial charge in [0.2, 0.25) is 0 Å². The summed E-state index contributed by atoms with van der Waals surface area (Å²) < 4.78 is 8.07. The molecule has 2 saturated heterocycles. The minimum absolute atomic E-state index is 0.0774. The molecule has 2 fully saturated rings. The maximum absolute atomic E-state index is 9.63. The van der Waals surface area contributed by atoms with Crippen LogP contribution >= 0.6 is 11.6 Å². The van der Waals surface area contributed by atoms with E-state index in [0.29, 0.717) is 23.5 Å². The van der Waals surface area contributed by atoms with Crippen LogP contribution < -0.4 is 0 Å². The first-order valence-corrected chi connectivity index (χ1v) is 9.01. The van der Waals surface area contributed by atoms with Gasteiger partial charge in [-0.1, -0.05) is 11.6 Å². The third kappa shape index (κ3) is 3.27. The fourth-order valence-electron chi connectivity index (χ4n) is 3.91. The summed E-state index contributed by atoms with van der Waals surface area (Å²) >= 11 is 6.06. The zero-order valence-corrected chi connectivity index (χ0v) is 14.6. The molecule has 3 heterocycles. The number of aromatic hydroxyl groups is 1. The van der Waals surface area contributed by atoms with Gasteiger partial charge in [0.15, 0.2) is 0 Å². The van der Waals surface area contributed by atoms with Crippen LogP contribution in [0.1, 0.15) is 18.9 Å². The molecule has 4 rings (SSSR count). The van der Waals surface area contributed by atoms with Gasteiger partial charge in [0.05, 0.1) is 17.7 Å². The van der Waals surface area contributed by atoms with Gasteiger partial charge < -0.3 is 19.5 Å². The summed E-state index contributed by atoms with van der Waals surface area (Å²) in [6, 6.07) is 5.92. The highest BCUT2D eigenvalue weighted by molar-refractivity contribution is 6.32. The number of aliphatic hydroxyl groups excluding tert-OH is 1. The second kappa shape index (κ2) is 6.96. The molecule has 2 aliphatic heterocycles. The van der Waals surface area contributed by atoms with Crippen molar-refractivity contribution in [2.75, 3.05) is 26.3 Å². The summed E-state index contributed by atoms with van der Waals surface area (Å²) in [5, 5.41) is 19.1. The molecule has 0 aliphatic carbocycles. The van der Waals surface area contributed by atoms with Crippen molar-refractivity contribution < 1.29 is 14.9 Å². The minimum atomic E-state index is 0.0774. The molecule has 1 aromatic carbocycles. The standard InChI is InChI=1S/C18H22ClN3O3/c19-16-7-12(1-2-17(16)24)18-20-4-5-22(18)13-8-14-11-25-15(3-6-23)10-21(14)9-13/h1-2,4-5,7,13-15,23-24H,3,6,8-11H2/t13-,14+,15+/m1/s1. The number of morpholine rings is 1. The van der Waals surface area contributed by atoms with E-state index in [1.807, 2.05) is 12.3 Å². The molecule has 6 nitrogen and oxygen atoms in total. The average Bonchev–Trinajstić information content (AvgIpc) is 3.23. The van der Waals surface area contributed by atoms with E-state index in [1.165, 1.54) is 0 Å². The van der Waals surface area contributed by atoms with Crippen LogP contribution in [0.5, 0.6) is 5.75 Å². The third-order valence-corrected chi connectivity index (χ3v) is 5.49. The molecule has 0 saturated carbocycles. The molecular weight excluding hydrogens is 342 g/mol. The molecular formula is C18H22ClN3O3. The fraction of sp³-hybridized carbons (Fsp3) is 0.500. The van der Waals surface area contributed by atoms with Gasteiger partial charge in [0, 0.05) is 49.7 Å². The molecule has 2 aromatic rings. The molecule has 0 bridgehead atoms. The summed E-state index contributed by atoms with van der Waals surface area (Å²) in [4.78, 5) is 6.96. The number of nitrogens with zero attached hydrogens (tertiary/aromatic N) is 3. The number of ether oxygens (including phenoxy) is 1. The molecule has 1 aromatic heterocycles. The lowest BCUT2D eigenvalue weighted by molar-refractivity contribution is -0.0567. The van der Waals surface area contributed by atoms with Gasteiger partial charge in [0.25, 0.3) is 0 Å². The molecule has 3 atom stereocenters. The van der Waals surface area contributed by atoms with Crippen molar-refractivity contribution >= 4 is 11.6 Å². The van der Waals surface area contributed by atoms with Crippen molar-refractivity contribution in [3.05, 3.63) is 35.6 Å². The van der Waals surface area contributed by atoms with Gasteiger partial charge in [-0.15, -0.1) is 0 Å². The highest BCUT2D eigenvalue weighted by Gasteiger charge is 2.38. The Balaban J connectivity index is 1.54. The molecule has 2 N–H and O–H groups in total. The Kier molecular flexibility index (Phi) is 4.69. The lowest BCUT2D eigenvalue weighted by atomic mass is 10.1. The Bertz CT molecular complexity index is 751. The number of rotatable bonds is 4. The summed E-state index contributed by atoms with van der Waals surface area (Å²) in [5.74, 6) is 0.938. The van der Waals surface area contributed by atoms with Crippen LogP contribution in [-0.4, -0.2) is 63.1 Å². The van der Waals surface area contributed by atoms with E-state index in [0.717, 1.165) is 37.5 Å². The summed E-state index contributed by atoms with van der Waals surface area (Å²) in [5.41, 5.74) is 0.895. The van der Waals surface area contributed by atoms with E-state index < -0.39 is 0 Å². The summed E-state index contributed by atoms with van der Waals surface area (Å²) in [7, 11) is 0. The van der Waals surface area contributed by atoms with Crippen LogP contribution in [0.3, 0.4) is 0 Å². The first-order chi connectivity index (χ1) is 12.2. The number of halogens is 1. The van der Waals surface area contributed by atoms with Crippen molar-refractivity contribution in [1.82, 2.24) is 14.5 Å². The zero-order chi connectivity index (χ0) is 17.4. The van der Waals surface area contributed by atoms with Crippen LogP contribution in [-0.2, 0) is 4.74 Å². The fourth-order valence-corrected chi connectivity index (χ4v) is 4.09. The highest BCUT2D eigenvalue weighted by atomic mass is 35.5. The Hall–Kier alpha value is -1.60. The van der Waals surface area contributed by atoms with Crippen molar-refractivity contribution in [2.45, 2.75) is 31.0 Å². The first-order valence-electron chi connectivity index (χ1n) is 8.64. The molecule has 0 amide bonds. The number of hydrogen-bond acceptors (Lipinski definition) is 5. The predicted molar refractivity (Wildman–Crippen MR) is 94.8 cm³/mol. The van der Waals surface area contributed by atoms with Crippen molar-refractivity contribution in [3.63, 3.8) is 0 Å². The van der Waals surface area contributed by atoms with Gasteiger partial charge in [0.1, 0.15) is 11.6 Å². The second-order valence-corrected chi connectivity index (χ2v) is 7.20. The van der Waals surface area contributed by atoms with Crippen LogP contribution in [0.4, 0.5) is 0 Å². The van der Waals surface area contributed by atoms with Crippen LogP contribution in [0.25, 0.3) is 11.4 Å². The van der Waals surface area contributed by atoms with E-state index in [4.69, 9.17) is 21.4 Å². The largest absolute Gasteiger partial charge is 0.506 e. The van der Waals surface area contributed by atoms with Gasteiger partial charge in [-0.2, -0.15) is 0 Å². The second-order valence-electron chi connectivity index (χ2n) is 6.79. The van der Waals surface area contributed by atoms with Gasteiger partial charge >= 0.3 is 0 Å². The Morgan fingerprint density at radius 1 is 1.28 bits per heavy atom. The minimum Gasteiger partial charge on any atom is -0.506 e. The average molecular weight is 364 g/mol. The number of hydrogen-bond donors (Lipinski definition) is 2. The third-order valence-electron chi connectivity index (χ3n) is 5.19. The lowest BCUT2D eigenvalue weighted by Crippen LogP contribution is -2.46. The molecule has 25 heavy (non-hydrogen) atoms. The number of aliphatic hydroxyl groups is 1. The maximum atomic E-state index is 9.63. The van der Waals surface area contributed by atoms with Crippen molar-refractivity contribution in [2.24, 2.45) is 0 Å². The lowest BCUT2D eigenvalue weighted by Gasteiger charge is -2.34. The van der Waals surface area contributed by atoms with Crippen molar-refractivity contribution in [3.8, 4) is 17.1 Å². The quantitative estimate of drug-likeness (QED) is 0.872. The van der Waals surface area contributed by atoms with E-state index in [9.17, 15) is 5.11 Å². The number of phenolic OH excluding ortho intramolecular Hbond substituents is 1. The smallest absolute Gasteiger partial charge is 0.140 e. The van der Waals surface area contributed by atoms with Gasteiger partial charge in [-0.05, 0) is 31.0 Å². The Morgan fingerprint density at radius 2 is 2.16 bits per heavy atom. The zero-order valence-electron chi connectivity index (χ0n) is 13.9. The number of benzene rings is 1. The van der Waals surface area contributed by atoms with Crippen LogP contribution in [0.2, 0.25) is 5.02 Å². The van der Waals surface area contributed by atoms with E-state index in [2.05, 4.69) is 14.5 Å². The van der Waals surface area contributed by atoms with Gasteiger partial charge in [-0.3, -0.25) is 4.90 Å². The topological polar surface area (TPSA) is 70.8 Å². The van der Waals surface area contributed by atoms with E-state index in [-0.39, 0.29) is 18.5 Å². The number of phenols is 1. The Morgan fingerprint density at radius 3 is 2.96 bits per heavy atom. The summed E-state index contributed by atoms with van der Waals surface area (Å²) in [6.07, 6.45) is 5.64. The number of aromatic nitrogens is 2. The summed E-state index contributed by atoms with van der Waals surface area (Å²) in [6.45, 7) is 2.71. The Labute approximate surface area is 151 Å². The van der Waals surface area contributed by atoms with Crippen LogP contribution in [0, 0.1) is 0 Å².